The molecule has 2 saturated carbocycles. The van der Waals surface area contributed by atoms with Gasteiger partial charge < -0.3 is 29.3 Å². The number of esters is 1. The van der Waals surface area contributed by atoms with E-state index in [4.69, 9.17) is 19.2 Å². The first-order valence-electron chi connectivity index (χ1n) is 21.4. The SMILES string of the molecule is C=C[C@@H]1C[C@]1(NC(=O)[C@@H]1C[C@@H](Oc2cc(-c3ccccc3)nc3cc(OC)ccc23)CN1C(=O)[C@@H](CC(=O)N1CCCC(C(=O)OCC)C1)C(C)(C)C)C(=O)NS(=O)(=O)C1CC1. The molecule has 1 unspecified atom stereocenters. The van der Waals surface area contributed by atoms with Gasteiger partial charge in [0, 0.05) is 54.9 Å². The molecule has 3 aromatic rings. The normalized spacial score (nSPS) is 24.1. The van der Waals surface area contributed by atoms with Crippen LogP contribution in [0, 0.1) is 23.2 Å². The minimum Gasteiger partial charge on any atom is -0.497 e. The molecule has 6 atom stereocenters. The van der Waals surface area contributed by atoms with Crippen LogP contribution in [0.15, 0.2) is 67.3 Å². The zero-order valence-electron chi connectivity index (χ0n) is 36.1. The standard InChI is InChI=1S/C46H57N5O10S/c1-7-30-25-46(30,44(56)49-62(57,58)33-17-18-33)48-41(53)38-22-32(61-39-24-36(28-13-10-9-11-14-28)47-37-21-31(59-6)16-19-34(37)39)27-51(38)42(54)35(45(3,4)5)23-40(52)50-20-12-15-29(26-50)43(55)60-8-2/h7,9-11,13-14,16,19,21,24,29-30,32-33,35,38H,1,8,12,15,17-18,20,22-23,25-27H2,2-6H3,(H,48,53)(H,49,56)/t29?,30-,32-,35-,38+,46-/m1/s1. The van der Waals surface area contributed by atoms with Gasteiger partial charge in [-0.2, -0.15) is 0 Å². The van der Waals surface area contributed by atoms with Crippen LogP contribution in [0.3, 0.4) is 0 Å². The summed E-state index contributed by atoms with van der Waals surface area (Å²) < 4.78 is 45.4. The van der Waals surface area contributed by atoms with Crippen LogP contribution < -0.4 is 19.5 Å². The fourth-order valence-electron chi connectivity index (χ4n) is 8.66. The zero-order chi connectivity index (χ0) is 44.6. The Kier molecular flexibility index (Phi) is 12.7. The molecule has 16 heteroatoms. The van der Waals surface area contributed by atoms with Gasteiger partial charge in [-0.3, -0.25) is 28.7 Å². The molecule has 2 N–H and O–H groups in total. The predicted octanol–water partition coefficient (Wildman–Crippen LogP) is 4.78. The number of hydrogen-bond acceptors (Lipinski definition) is 11. The van der Waals surface area contributed by atoms with Crippen molar-refractivity contribution in [3.63, 3.8) is 0 Å². The van der Waals surface area contributed by atoms with Crippen LogP contribution in [-0.2, 0) is 38.7 Å². The number of hydrogen-bond donors (Lipinski definition) is 2. The lowest BCUT2D eigenvalue weighted by Gasteiger charge is -2.37. The number of carbonyl (C=O) groups is 5. The monoisotopic (exact) mass is 871 g/mol. The quantitative estimate of drug-likeness (QED) is 0.158. The number of fused-ring (bicyclic) bond motifs is 1. The number of benzene rings is 2. The molecule has 2 saturated heterocycles. The number of likely N-dealkylation sites (tertiary alicyclic amines) is 2. The van der Waals surface area contributed by atoms with Crippen molar-refractivity contribution in [2.24, 2.45) is 23.2 Å². The Bertz CT molecular complexity index is 2350. The van der Waals surface area contributed by atoms with Crippen molar-refractivity contribution in [3.8, 4) is 22.8 Å². The second-order valence-corrected chi connectivity index (χ2v) is 19.9. The molecule has 332 valence electrons. The average molecular weight is 872 g/mol. The van der Waals surface area contributed by atoms with Crippen LogP contribution >= 0.6 is 0 Å². The largest absolute Gasteiger partial charge is 0.497 e. The molecule has 15 nitrogen and oxygen atoms in total. The predicted molar refractivity (Wildman–Crippen MR) is 231 cm³/mol. The summed E-state index contributed by atoms with van der Waals surface area (Å²) in [5, 5.41) is 2.87. The summed E-state index contributed by atoms with van der Waals surface area (Å²) in [6, 6.07) is 15.7. The van der Waals surface area contributed by atoms with Crippen molar-refractivity contribution in [3.05, 3.63) is 67.3 Å². The summed E-state index contributed by atoms with van der Waals surface area (Å²) in [5.74, 6) is -3.43. The van der Waals surface area contributed by atoms with E-state index >= 15 is 4.79 Å². The Morgan fingerprint density at radius 2 is 1.77 bits per heavy atom. The average Bonchev–Trinajstić information content (AvgIpc) is 4.19. The Morgan fingerprint density at radius 3 is 2.42 bits per heavy atom. The molecule has 4 fully saturated rings. The molecule has 2 aromatic carbocycles. The van der Waals surface area contributed by atoms with Crippen LogP contribution in [0.25, 0.3) is 22.2 Å². The second kappa shape index (κ2) is 17.7. The van der Waals surface area contributed by atoms with E-state index in [-0.39, 0.29) is 50.8 Å². The minimum absolute atomic E-state index is 0.0210. The molecule has 1 aromatic heterocycles. The molecular formula is C46H57N5O10S. The van der Waals surface area contributed by atoms with Crippen molar-refractivity contribution >= 4 is 50.5 Å². The maximum Gasteiger partial charge on any atom is 0.310 e. The number of piperidine rings is 1. The topological polar surface area (TPSA) is 191 Å². The molecule has 62 heavy (non-hydrogen) atoms. The molecule has 4 aliphatic rings. The lowest BCUT2D eigenvalue weighted by atomic mass is 9.77. The number of carbonyl (C=O) groups excluding carboxylic acids is 5. The van der Waals surface area contributed by atoms with Crippen molar-refractivity contribution in [1.29, 1.82) is 0 Å². The first-order valence-corrected chi connectivity index (χ1v) is 23.0. The van der Waals surface area contributed by atoms with E-state index in [0.717, 1.165) is 5.56 Å². The number of ether oxygens (including phenoxy) is 3. The van der Waals surface area contributed by atoms with Crippen molar-refractivity contribution in [1.82, 2.24) is 24.8 Å². The molecule has 7 rings (SSSR count). The highest BCUT2D eigenvalue weighted by molar-refractivity contribution is 7.91. The van der Waals surface area contributed by atoms with Crippen LogP contribution in [-0.4, -0.2) is 109 Å². The molecule has 0 spiro atoms. The van der Waals surface area contributed by atoms with E-state index in [1.54, 1.807) is 31.1 Å². The smallest absolute Gasteiger partial charge is 0.310 e. The first kappa shape index (κ1) is 44.5. The summed E-state index contributed by atoms with van der Waals surface area (Å²) in [4.78, 5) is 78.0. The molecule has 3 heterocycles. The third-order valence-electron chi connectivity index (χ3n) is 12.6. The molecule has 4 amide bonds. The van der Waals surface area contributed by atoms with Gasteiger partial charge in [0.2, 0.25) is 27.7 Å². The van der Waals surface area contributed by atoms with Gasteiger partial charge in [-0.1, -0.05) is 57.2 Å². The van der Waals surface area contributed by atoms with E-state index in [1.807, 2.05) is 63.2 Å². The van der Waals surface area contributed by atoms with Crippen molar-refractivity contribution in [2.75, 3.05) is 33.4 Å². The maximum atomic E-state index is 15.1. The summed E-state index contributed by atoms with van der Waals surface area (Å²) in [6.07, 6.45) is 2.86. The van der Waals surface area contributed by atoms with Gasteiger partial charge in [0.05, 0.1) is 48.6 Å². The Hall–Kier alpha value is -5.51. The minimum atomic E-state index is -3.93. The number of pyridine rings is 1. The Balaban J connectivity index is 1.20. The number of aromatic nitrogens is 1. The van der Waals surface area contributed by atoms with E-state index in [2.05, 4.69) is 16.6 Å². The third-order valence-corrected chi connectivity index (χ3v) is 14.4. The Labute approximate surface area is 363 Å². The molecule has 0 radical (unpaired) electrons. The molecule has 2 aliphatic carbocycles. The molecular weight excluding hydrogens is 815 g/mol. The van der Waals surface area contributed by atoms with E-state index < -0.39 is 73.8 Å². The molecule has 0 bridgehead atoms. The lowest BCUT2D eigenvalue weighted by Crippen LogP contribution is -2.57. The fourth-order valence-corrected chi connectivity index (χ4v) is 10.0. The highest BCUT2D eigenvalue weighted by Gasteiger charge is 2.62. The number of sulfonamides is 1. The van der Waals surface area contributed by atoms with Gasteiger partial charge in [-0.15, -0.1) is 6.58 Å². The highest BCUT2D eigenvalue weighted by Crippen LogP contribution is 2.46. The van der Waals surface area contributed by atoms with E-state index in [0.29, 0.717) is 60.3 Å². The van der Waals surface area contributed by atoms with Gasteiger partial charge >= 0.3 is 5.97 Å². The number of methoxy groups -OCH3 is 1. The zero-order valence-corrected chi connectivity index (χ0v) is 36.9. The lowest BCUT2D eigenvalue weighted by molar-refractivity contribution is -0.153. The maximum absolute atomic E-state index is 15.1. The van der Waals surface area contributed by atoms with Gasteiger partial charge in [-0.25, -0.2) is 13.4 Å². The van der Waals surface area contributed by atoms with Crippen molar-refractivity contribution in [2.45, 2.75) is 95.6 Å². The van der Waals surface area contributed by atoms with Gasteiger partial charge in [-0.05, 0) is 56.6 Å². The number of amides is 4. The van der Waals surface area contributed by atoms with Crippen LogP contribution in [0.5, 0.6) is 11.5 Å². The summed E-state index contributed by atoms with van der Waals surface area (Å²) in [7, 11) is -2.37. The fraction of sp³-hybridized carbons (Fsp3) is 0.522. The van der Waals surface area contributed by atoms with Gasteiger partial charge in [0.25, 0.3) is 5.91 Å². The highest BCUT2D eigenvalue weighted by atomic mass is 32.2. The van der Waals surface area contributed by atoms with Crippen LogP contribution in [0.1, 0.15) is 72.6 Å². The third kappa shape index (κ3) is 9.44. The second-order valence-electron chi connectivity index (χ2n) is 18.0. The first-order chi connectivity index (χ1) is 29.5. The summed E-state index contributed by atoms with van der Waals surface area (Å²) in [6.45, 7) is 12.0. The van der Waals surface area contributed by atoms with E-state index in [9.17, 15) is 27.6 Å². The number of nitrogens with one attached hydrogen (secondary N) is 2. The number of rotatable bonds is 15. The van der Waals surface area contributed by atoms with Crippen LogP contribution in [0.4, 0.5) is 0 Å². The van der Waals surface area contributed by atoms with Gasteiger partial charge in [0.15, 0.2) is 0 Å². The van der Waals surface area contributed by atoms with Crippen LogP contribution in [0.2, 0.25) is 0 Å². The Morgan fingerprint density at radius 1 is 1.03 bits per heavy atom. The van der Waals surface area contributed by atoms with Crippen molar-refractivity contribution < 1.29 is 46.6 Å². The summed E-state index contributed by atoms with van der Waals surface area (Å²) >= 11 is 0. The molecule has 2 aliphatic heterocycles. The summed E-state index contributed by atoms with van der Waals surface area (Å²) in [5.41, 5.74) is -0.252. The number of nitrogens with zero attached hydrogens (tertiary/aromatic N) is 3. The van der Waals surface area contributed by atoms with E-state index in [1.165, 1.54) is 11.0 Å². The van der Waals surface area contributed by atoms with Gasteiger partial charge in [0.1, 0.15) is 29.2 Å².